The Bertz CT molecular complexity index is 414. The fourth-order valence-electron chi connectivity index (χ4n) is 2.39. The summed E-state index contributed by atoms with van der Waals surface area (Å²) in [6, 6.07) is 8.70. The number of nitrogens with zero attached hydrogens (tertiary/aromatic N) is 2. The van der Waals surface area contributed by atoms with Crippen LogP contribution in [0.25, 0.3) is 0 Å². The molecule has 0 aromatic heterocycles. The minimum atomic E-state index is 0.193. The van der Waals surface area contributed by atoms with Gasteiger partial charge in [0, 0.05) is 33.1 Å². The predicted molar refractivity (Wildman–Crippen MR) is 68.8 cm³/mol. The summed E-state index contributed by atoms with van der Waals surface area (Å²) in [5.74, 6) is 0.193. The summed E-state index contributed by atoms with van der Waals surface area (Å²) < 4.78 is 0. The van der Waals surface area contributed by atoms with Crippen LogP contribution in [0.4, 0.5) is 0 Å². The lowest BCUT2D eigenvalue weighted by atomic mass is 9.91. The van der Waals surface area contributed by atoms with Crippen molar-refractivity contribution in [2.24, 2.45) is 0 Å². The van der Waals surface area contributed by atoms with E-state index in [1.807, 2.05) is 14.1 Å². The largest absolute Gasteiger partial charge is 0.349 e. The zero-order valence-corrected chi connectivity index (χ0v) is 10.8. The van der Waals surface area contributed by atoms with Crippen LogP contribution in [0, 0.1) is 0 Å². The standard InChI is InChI=1S/C14H20N2O/c1-15(2)14(17)10-13-12-7-5-4-6-11(12)8-9-16(13)3/h4-7,13H,8-10H2,1-3H3/t13-/m0/s1. The lowest BCUT2D eigenvalue weighted by Gasteiger charge is -2.34. The summed E-state index contributed by atoms with van der Waals surface area (Å²) in [5.41, 5.74) is 2.71. The van der Waals surface area contributed by atoms with E-state index in [-0.39, 0.29) is 11.9 Å². The van der Waals surface area contributed by atoms with Crippen molar-refractivity contribution < 1.29 is 4.79 Å². The number of fused-ring (bicyclic) bond motifs is 1. The van der Waals surface area contributed by atoms with Crippen LogP contribution >= 0.6 is 0 Å². The zero-order valence-electron chi connectivity index (χ0n) is 10.8. The number of carbonyl (C=O) groups is 1. The van der Waals surface area contributed by atoms with Crippen molar-refractivity contribution in [1.82, 2.24) is 9.80 Å². The average molecular weight is 232 g/mol. The van der Waals surface area contributed by atoms with Crippen LogP contribution in [0.5, 0.6) is 0 Å². The molecule has 1 amide bonds. The van der Waals surface area contributed by atoms with Crippen LogP contribution in [0.2, 0.25) is 0 Å². The lowest BCUT2D eigenvalue weighted by molar-refractivity contribution is -0.130. The van der Waals surface area contributed by atoms with Gasteiger partial charge in [-0.1, -0.05) is 24.3 Å². The second-order valence-corrected chi connectivity index (χ2v) is 4.94. The molecule has 1 atom stereocenters. The van der Waals surface area contributed by atoms with E-state index in [9.17, 15) is 4.79 Å². The van der Waals surface area contributed by atoms with Crippen LogP contribution < -0.4 is 0 Å². The number of amides is 1. The van der Waals surface area contributed by atoms with Crippen LogP contribution in [0.3, 0.4) is 0 Å². The molecule has 1 aliphatic rings. The lowest BCUT2D eigenvalue weighted by Crippen LogP contribution is -2.35. The Morgan fingerprint density at radius 2 is 2.12 bits per heavy atom. The van der Waals surface area contributed by atoms with Gasteiger partial charge in [0.25, 0.3) is 0 Å². The van der Waals surface area contributed by atoms with Crippen molar-refractivity contribution in [3.05, 3.63) is 35.4 Å². The van der Waals surface area contributed by atoms with Gasteiger partial charge in [0.2, 0.25) is 5.91 Å². The highest BCUT2D eigenvalue weighted by Gasteiger charge is 2.26. The highest BCUT2D eigenvalue weighted by Crippen LogP contribution is 2.31. The smallest absolute Gasteiger partial charge is 0.223 e. The molecular formula is C14H20N2O. The van der Waals surface area contributed by atoms with Crippen molar-refractivity contribution >= 4 is 5.91 Å². The Labute approximate surface area is 103 Å². The number of hydrogen-bond acceptors (Lipinski definition) is 2. The molecule has 3 heteroatoms. The summed E-state index contributed by atoms with van der Waals surface area (Å²) in [7, 11) is 5.73. The molecule has 0 spiro atoms. The van der Waals surface area contributed by atoms with Gasteiger partial charge >= 0.3 is 0 Å². The van der Waals surface area contributed by atoms with Crippen LogP contribution in [-0.2, 0) is 11.2 Å². The molecule has 0 fully saturated rings. The summed E-state index contributed by atoms with van der Waals surface area (Å²) in [6.45, 7) is 1.03. The van der Waals surface area contributed by atoms with Crippen molar-refractivity contribution in [3.63, 3.8) is 0 Å². The van der Waals surface area contributed by atoms with Gasteiger partial charge in [-0.05, 0) is 24.6 Å². The SMILES string of the molecule is CN(C)C(=O)C[C@H]1c2ccccc2CCN1C. The van der Waals surface area contributed by atoms with Crippen molar-refractivity contribution in [2.45, 2.75) is 18.9 Å². The minimum Gasteiger partial charge on any atom is -0.349 e. The molecule has 0 aliphatic carbocycles. The van der Waals surface area contributed by atoms with Crippen LogP contribution in [-0.4, -0.2) is 43.4 Å². The Morgan fingerprint density at radius 3 is 2.82 bits per heavy atom. The zero-order chi connectivity index (χ0) is 12.4. The van der Waals surface area contributed by atoms with Crippen molar-refractivity contribution in [1.29, 1.82) is 0 Å². The molecular weight excluding hydrogens is 212 g/mol. The molecule has 92 valence electrons. The third-order valence-corrected chi connectivity index (χ3v) is 3.55. The molecule has 0 saturated carbocycles. The summed E-state index contributed by atoms with van der Waals surface area (Å²) in [4.78, 5) is 15.8. The molecule has 1 aromatic rings. The number of carbonyl (C=O) groups excluding carboxylic acids is 1. The van der Waals surface area contributed by atoms with Crippen LogP contribution in [0.1, 0.15) is 23.6 Å². The van der Waals surface area contributed by atoms with Crippen LogP contribution in [0.15, 0.2) is 24.3 Å². The highest BCUT2D eigenvalue weighted by atomic mass is 16.2. The van der Waals surface area contributed by atoms with Gasteiger partial charge in [0.15, 0.2) is 0 Å². The van der Waals surface area contributed by atoms with E-state index in [4.69, 9.17) is 0 Å². The minimum absolute atomic E-state index is 0.193. The Hall–Kier alpha value is -1.35. The molecule has 1 heterocycles. The van der Waals surface area contributed by atoms with Crippen molar-refractivity contribution in [3.8, 4) is 0 Å². The summed E-state index contributed by atoms with van der Waals surface area (Å²) in [6.07, 6.45) is 1.65. The quantitative estimate of drug-likeness (QED) is 0.774. The molecule has 1 aromatic carbocycles. The van der Waals surface area contributed by atoms with Gasteiger partial charge in [0.1, 0.15) is 0 Å². The van der Waals surface area contributed by atoms with E-state index in [0.29, 0.717) is 6.42 Å². The number of rotatable bonds is 2. The molecule has 0 radical (unpaired) electrons. The van der Waals surface area contributed by atoms with E-state index in [0.717, 1.165) is 13.0 Å². The van der Waals surface area contributed by atoms with E-state index in [2.05, 4.69) is 36.2 Å². The fraction of sp³-hybridized carbons (Fsp3) is 0.500. The van der Waals surface area contributed by atoms with Gasteiger partial charge in [-0.15, -0.1) is 0 Å². The van der Waals surface area contributed by atoms with E-state index in [1.54, 1.807) is 4.90 Å². The maximum absolute atomic E-state index is 11.9. The van der Waals surface area contributed by atoms with Gasteiger partial charge in [-0.3, -0.25) is 9.69 Å². The molecule has 0 bridgehead atoms. The molecule has 3 nitrogen and oxygen atoms in total. The first kappa shape index (κ1) is 12.1. The second kappa shape index (κ2) is 4.88. The monoisotopic (exact) mass is 232 g/mol. The van der Waals surface area contributed by atoms with Gasteiger partial charge in [-0.2, -0.15) is 0 Å². The summed E-state index contributed by atoms with van der Waals surface area (Å²) >= 11 is 0. The highest BCUT2D eigenvalue weighted by molar-refractivity contribution is 5.76. The first-order valence-corrected chi connectivity index (χ1v) is 6.08. The number of hydrogen-bond donors (Lipinski definition) is 0. The van der Waals surface area contributed by atoms with E-state index >= 15 is 0 Å². The first-order valence-electron chi connectivity index (χ1n) is 6.08. The first-order chi connectivity index (χ1) is 8.09. The average Bonchev–Trinajstić information content (AvgIpc) is 2.32. The normalized spacial score (nSPS) is 19.8. The molecule has 0 N–H and O–H groups in total. The molecule has 1 aliphatic heterocycles. The van der Waals surface area contributed by atoms with E-state index in [1.165, 1.54) is 11.1 Å². The Morgan fingerprint density at radius 1 is 1.41 bits per heavy atom. The molecule has 17 heavy (non-hydrogen) atoms. The molecule has 0 saturated heterocycles. The topological polar surface area (TPSA) is 23.6 Å². The Balaban J connectivity index is 2.24. The second-order valence-electron chi connectivity index (χ2n) is 4.94. The molecule has 0 unspecified atom stereocenters. The third-order valence-electron chi connectivity index (χ3n) is 3.55. The fourth-order valence-corrected chi connectivity index (χ4v) is 2.39. The summed E-state index contributed by atoms with van der Waals surface area (Å²) in [5, 5.41) is 0. The third kappa shape index (κ3) is 2.50. The number of likely N-dealkylation sites (N-methyl/N-ethyl adjacent to an activating group) is 1. The van der Waals surface area contributed by atoms with E-state index < -0.39 is 0 Å². The maximum atomic E-state index is 11.9. The maximum Gasteiger partial charge on any atom is 0.223 e. The number of benzene rings is 1. The van der Waals surface area contributed by atoms with Gasteiger partial charge in [0.05, 0.1) is 0 Å². The van der Waals surface area contributed by atoms with Gasteiger partial charge in [-0.25, -0.2) is 0 Å². The Kier molecular flexibility index (Phi) is 3.48. The molecule has 2 rings (SSSR count). The predicted octanol–water partition coefficient (Wildman–Crippen LogP) is 1.69. The van der Waals surface area contributed by atoms with Gasteiger partial charge < -0.3 is 4.90 Å². The van der Waals surface area contributed by atoms with Crippen molar-refractivity contribution in [2.75, 3.05) is 27.7 Å².